The first-order chi connectivity index (χ1) is 9.27. The largest absolute Gasteiger partial charge is 0.378 e. The zero-order chi connectivity index (χ0) is 13.5. The lowest BCUT2D eigenvalue weighted by Crippen LogP contribution is -2.32. The molecule has 0 spiro atoms. The second-order valence-corrected chi connectivity index (χ2v) is 4.01. The van der Waals surface area contributed by atoms with Crippen molar-refractivity contribution >= 4 is 18.0 Å². The maximum Gasteiger partial charge on any atom is 0.276 e. The van der Waals surface area contributed by atoms with E-state index in [1.165, 1.54) is 6.07 Å². The van der Waals surface area contributed by atoms with E-state index in [0.717, 1.165) is 13.1 Å². The van der Waals surface area contributed by atoms with Gasteiger partial charge in [-0.2, -0.15) is 5.10 Å². The molecule has 0 radical (unpaired) electrons. The third-order valence-corrected chi connectivity index (χ3v) is 2.71. The fourth-order valence-electron chi connectivity index (χ4n) is 1.74. The van der Waals surface area contributed by atoms with Crippen molar-refractivity contribution in [3.8, 4) is 0 Å². The molecule has 6 heteroatoms. The van der Waals surface area contributed by atoms with Crippen LogP contribution in [-0.4, -0.2) is 42.5 Å². The van der Waals surface area contributed by atoms with Gasteiger partial charge >= 0.3 is 0 Å². The first-order valence-electron chi connectivity index (χ1n) is 6.04. The van der Waals surface area contributed by atoms with Crippen molar-refractivity contribution in [2.24, 2.45) is 5.10 Å². The van der Waals surface area contributed by atoms with Crippen LogP contribution in [0.3, 0.4) is 0 Å². The van der Waals surface area contributed by atoms with E-state index in [0.29, 0.717) is 18.8 Å². The summed E-state index contributed by atoms with van der Waals surface area (Å²) in [6, 6.07) is 6.61. The molecule has 2 rings (SSSR count). The fraction of sp³-hybridized carbons (Fsp3) is 0.308. The molecule has 1 heterocycles. The van der Waals surface area contributed by atoms with E-state index in [2.05, 4.69) is 5.10 Å². The first kappa shape index (κ1) is 13.2. The van der Waals surface area contributed by atoms with Crippen LogP contribution in [0.2, 0.25) is 0 Å². The zero-order valence-corrected chi connectivity index (χ0v) is 10.4. The molecule has 0 amide bonds. The summed E-state index contributed by atoms with van der Waals surface area (Å²) in [6.07, 6.45) is 5.03. The van der Waals surface area contributed by atoms with Gasteiger partial charge in [0.15, 0.2) is 0 Å². The van der Waals surface area contributed by atoms with Gasteiger partial charge in [-0.3, -0.25) is 15.1 Å². The third-order valence-electron chi connectivity index (χ3n) is 2.71. The molecule has 0 aromatic heterocycles. The van der Waals surface area contributed by atoms with Gasteiger partial charge in [0, 0.05) is 12.3 Å². The minimum atomic E-state index is -0.390. The Morgan fingerprint density at radius 3 is 2.79 bits per heavy atom. The topological polar surface area (TPSA) is 68.0 Å². The minimum Gasteiger partial charge on any atom is -0.378 e. The molecule has 1 saturated heterocycles. The SMILES string of the molecule is O=[N+]([O-])c1ccccc1/C=C/C=N\N1CCOCC1. The van der Waals surface area contributed by atoms with Crippen LogP contribution in [0, 0.1) is 10.1 Å². The van der Waals surface area contributed by atoms with E-state index in [-0.39, 0.29) is 5.69 Å². The second-order valence-electron chi connectivity index (χ2n) is 4.01. The number of nitro benzene ring substituents is 1. The quantitative estimate of drug-likeness (QED) is 0.472. The number of para-hydroxylation sites is 1. The molecular formula is C13H15N3O3. The lowest BCUT2D eigenvalue weighted by Gasteiger charge is -2.23. The molecule has 1 aliphatic heterocycles. The average Bonchev–Trinajstić information content (AvgIpc) is 2.45. The third kappa shape index (κ3) is 3.89. The van der Waals surface area contributed by atoms with Crippen LogP contribution in [0.25, 0.3) is 6.08 Å². The summed E-state index contributed by atoms with van der Waals surface area (Å²) in [5.74, 6) is 0. The lowest BCUT2D eigenvalue weighted by atomic mass is 10.2. The molecule has 1 aromatic rings. The Hall–Kier alpha value is -2.21. The highest BCUT2D eigenvalue weighted by Crippen LogP contribution is 2.18. The number of nitro groups is 1. The number of morpholine rings is 1. The van der Waals surface area contributed by atoms with Gasteiger partial charge in [0.1, 0.15) is 0 Å². The fourth-order valence-corrected chi connectivity index (χ4v) is 1.74. The van der Waals surface area contributed by atoms with Crippen molar-refractivity contribution in [1.82, 2.24) is 5.01 Å². The lowest BCUT2D eigenvalue weighted by molar-refractivity contribution is -0.385. The van der Waals surface area contributed by atoms with Crippen molar-refractivity contribution in [1.29, 1.82) is 0 Å². The first-order valence-corrected chi connectivity index (χ1v) is 6.04. The number of ether oxygens (including phenoxy) is 1. The summed E-state index contributed by atoms with van der Waals surface area (Å²) in [6.45, 7) is 2.92. The van der Waals surface area contributed by atoms with Crippen molar-refractivity contribution < 1.29 is 9.66 Å². The van der Waals surface area contributed by atoms with Gasteiger partial charge in [0.2, 0.25) is 0 Å². The summed E-state index contributed by atoms with van der Waals surface area (Å²) in [7, 11) is 0. The Labute approximate surface area is 111 Å². The molecule has 1 aromatic carbocycles. The highest BCUT2D eigenvalue weighted by atomic mass is 16.6. The van der Waals surface area contributed by atoms with Crippen LogP contribution in [-0.2, 0) is 4.74 Å². The van der Waals surface area contributed by atoms with Gasteiger partial charge in [-0.25, -0.2) is 0 Å². The molecule has 0 bridgehead atoms. The summed E-state index contributed by atoms with van der Waals surface area (Å²) in [5, 5.41) is 17.0. The summed E-state index contributed by atoms with van der Waals surface area (Å²) in [4.78, 5) is 10.4. The van der Waals surface area contributed by atoms with Crippen LogP contribution < -0.4 is 0 Å². The molecule has 0 N–H and O–H groups in total. The van der Waals surface area contributed by atoms with Gasteiger partial charge in [0.25, 0.3) is 5.69 Å². The molecule has 0 atom stereocenters. The van der Waals surface area contributed by atoms with Crippen LogP contribution in [0.1, 0.15) is 5.56 Å². The normalized spacial score (nSPS) is 16.3. The Kier molecular flexibility index (Phi) is 4.63. The van der Waals surface area contributed by atoms with E-state index in [9.17, 15) is 10.1 Å². The van der Waals surface area contributed by atoms with Crippen LogP contribution in [0.4, 0.5) is 5.69 Å². The Morgan fingerprint density at radius 1 is 1.32 bits per heavy atom. The number of hydrogen-bond acceptors (Lipinski definition) is 5. The number of benzene rings is 1. The monoisotopic (exact) mass is 261 g/mol. The van der Waals surface area contributed by atoms with Crippen molar-refractivity contribution in [2.75, 3.05) is 26.3 Å². The average molecular weight is 261 g/mol. The molecule has 19 heavy (non-hydrogen) atoms. The maximum atomic E-state index is 10.8. The highest BCUT2D eigenvalue weighted by molar-refractivity contribution is 5.79. The van der Waals surface area contributed by atoms with Gasteiger partial charge in [0.05, 0.1) is 36.8 Å². The Morgan fingerprint density at radius 2 is 2.05 bits per heavy atom. The van der Waals surface area contributed by atoms with Gasteiger partial charge in [-0.05, 0) is 18.2 Å². The molecule has 0 saturated carbocycles. The van der Waals surface area contributed by atoms with Gasteiger partial charge in [-0.1, -0.05) is 12.1 Å². The summed E-state index contributed by atoms with van der Waals surface area (Å²) < 4.78 is 5.21. The minimum absolute atomic E-state index is 0.0959. The smallest absolute Gasteiger partial charge is 0.276 e. The molecule has 0 aliphatic carbocycles. The zero-order valence-electron chi connectivity index (χ0n) is 10.4. The number of allylic oxidation sites excluding steroid dienone is 1. The molecule has 6 nitrogen and oxygen atoms in total. The van der Waals surface area contributed by atoms with Gasteiger partial charge in [-0.15, -0.1) is 0 Å². The Balaban J connectivity index is 1.98. The summed E-state index contributed by atoms with van der Waals surface area (Å²) in [5.41, 5.74) is 0.666. The highest BCUT2D eigenvalue weighted by Gasteiger charge is 2.09. The molecule has 0 unspecified atom stereocenters. The number of nitrogens with zero attached hydrogens (tertiary/aromatic N) is 3. The second kappa shape index (κ2) is 6.65. The molecule has 100 valence electrons. The van der Waals surface area contributed by atoms with Crippen molar-refractivity contribution in [2.45, 2.75) is 0 Å². The number of hydrazone groups is 1. The summed E-state index contributed by atoms with van der Waals surface area (Å²) >= 11 is 0. The molecular weight excluding hydrogens is 246 g/mol. The van der Waals surface area contributed by atoms with Crippen molar-refractivity contribution in [3.63, 3.8) is 0 Å². The maximum absolute atomic E-state index is 10.8. The standard InChI is InChI=1S/C13H15N3O3/c17-16(18)13-6-2-1-4-12(13)5-3-7-14-15-8-10-19-11-9-15/h1-7H,8-11H2/b5-3+,14-7-. The van der Waals surface area contributed by atoms with E-state index in [1.807, 2.05) is 5.01 Å². The number of rotatable bonds is 4. The Bertz CT molecular complexity index is 494. The molecule has 1 aliphatic rings. The predicted molar refractivity (Wildman–Crippen MR) is 73.0 cm³/mol. The van der Waals surface area contributed by atoms with Crippen LogP contribution in [0.15, 0.2) is 35.4 Å². The van der Waals surface area contributed by atoms with Crippen LogP contribution in [0.5, 0.6) is 0 Å². The van der Waals surface area contributed by atoms with Crippen LogP contribution >= 0.6 is 0 Å². The predicted octanol–water partition coefficient (Wildman–Crippen LogP) is 1.93. The van der Waals surface area contributed by atoms with E-state index >= 15 is 0 Å². The van der Waals surface area contributed by atoms with Crippen molar-refractivity contribution in [3.05, 3.63) is 46.0 Å². The van der Waals surface area contributed by atoms with E-state index < -0.39 is 4.92 Å². The number of hydrogen-bond donors (Lipinski definition) is 0. The van der Waals surface area contributed by atoms with Gasteiger partial charge < -0.3 is 4.74 Å². The van der Waals surface area contributed by atoms with E-state index in [4.69, 9.17) is 4.74 Å². The molecule has 1 fully saturated rings. The van der Waals surface area contributed by atoms with E-state index in [1.54, 1.807) is 36.6 Å².